The van der Waals surface area contributed by atoms with Crippen molar-refractivity contribution in [1.29, 1.82) is 0 Å². The lowest BCUT2D eigenvalue weighted by Gasteiger charge is -2.21. The van der Waals surface area contributed by atoms with Crippen molar-refractivity contribution >= 4 is 27.4 Å². The summed E-state index contributed by atoms with van der Waals surface area (Å²) in [5.41, 5.74) is 4.06. The van der Waals surface area contributed by atoms with Gasteiger partial charge >= 0.3 is 13.6 Å². The number of benzene rings is 1. The highest BCUT2D eigenvalue weighted by Crippen LogP contribution is 2.48. The number of rotatable bonds is 17. The second-order valence-electron chi connectivity index (χ2n) is 10.8. The zero-order chi connectivity index (χ0) is 28.5. The maximum atomic E-state index is 12.7. The van der Waals surface area contributed by atoms with Crippen LogP contribution >= 0.6 is 7.60 Å². The molecule has 0 bridgehead atoms. The highest BCUT2D eigenvalue weighted by atomic mass is 31.2. The van der Waals surface area contributed by atoms with Crippen molar-refractivity contribution in [2.75, 3.05) is 33.1 Å². The largest absolute Gasteiger partial charge is 0.496 e. The number of ether oxygens (including phenoxy) is 3. The van der Waals surface area contributed by atoms with E-state index >= 15 is 0 Å². The lowest BCUT2D eigenvalue weighted by atomic mass is 9.94. The molecule has 1 heterocycles. The first-order valence-electron chi connectivity index (χ1n) is 13.4. The number of ketones is 1. The summed E-state index contributed by atoms with van der Waals surface area (Å²) in [6.45, 7) is 15.6. The Hall–Kier alpha value is -1.93. The van der Waals surface area contributed by atoms with Gasteiger partial charge in [-0.3, -0.25) is 9.36 Å². The molecular formula is C28H45O8PSi. The second kappa shape index (κ2) is 14.5. The molecule has 0 saturated heterocycles. The van der Waals surface area contributed by atoms with Crippen molar-refractivity contribution in [3.63, 3.8) is 0 Å². The number of fused-ring (bicyclic) bond motifs is 1. The molecule has 0 aliphatic carbocycles. The minimum Gasteiger partial charge on any atom is -0.496 e. The normalized spacial score (nSPS) is 13.9. The van der Waals surface area contributed by atoms with Crippen LogP contribution in [0.2, 0.25) is 25.7 Å². The second-order valence-corrected chi connectivity index (χ2v) is 18.6. The van der Waals surface area contributed by atoms with Gasteiger partial charge in [-0.25, -0.2) is 4.79 Å². The Labute approximate surface area is 228 Å². The fourth-order valence-electron chi connectivity index (χ4n) is 4.29. The van der Waals surface area contributed by atoms with E-state index in [1.807, 2.05) is 19.9 Å². The molecule has 1 aromatic rings. The molecular weight excluding hydrogens is 523 g/mol. The first-order valence-corrected chi connectivity index (χ1v) is 18.9. The number of allylic oxidation sites excluding steroid dienone is 2. The van der Waals surface area contributed by atoms with E-state index in [1.54, 1.807) is 21.0 Å². The molecule has 10 heteroatoms. The number of cyclic esters (lactones) is 1. The molecule has 1 aliphatic heterocycles. The zero-order valence-electron chi connectivity index (χ0n) is 24.4. The maximum Gasteiger partial charge on any atom is 0.342 e. The summed E-state index contributed by atoms with van der Waals surface area (Å²) in [7, 11) is -2.94. The number of hydrogen-bond acceptors (Lipinski definition) is 8. The van der Waals surface area contributed by atoms with E-state index in [2.05, 4.69) is 19.6 Å². The van der Waals surface area contributed by atoms with Crippen molar-refractivity contribution in [1.82, 2.24) is 0 Å². The summed E-state index contributed by atoms with van der Waals surface area (Å²) in [5, 5.41) is 0. The molecule has 2 rings (SSSR count). The molecule has 1 aliphatic rings. The van der Waals surface area contributed by atoms with Gasteiger partial charge in [0.2, 0.25) is 0 Å². The maximum absolute atomic E-state index is 12.7. The van der Waals surface area contributed by atoms with Crippen LogP contribution in [0.4, 0.5) is 0 Å². The topological polar surface area (TPSA) is 97.4 Å². The highest BCUT2D eigenvalue weighted by molar-refractivity contribution is 7.53. The number of hydrogen-bond donors (Lipinski definition) is 0. The highest BCUT2D eigenvalue weighted by Gasteiger charge is 2.33. The average Bonchev–Trinajstić information content (AvgIpc) is 3.23. The number of carbonyl (C=O) groups is 2. The van der Waals surface area contributed by atoms with Crippen LogP contribution in [0.1, 0.15) is 67.1 Å². The Morgan fingerprint density at radius 3 is 2.32 bits per heavy atom. The summed E-state index contributed by atoms with van der Waals surface area (Å²) >= 11 is 0. The number of esters is 1. The Bertz CT molecular complexity index is 1060. The third-order valence-corrected chi connectivity index (χ3v) is 10.3. The Morgan fingerprint density at radius 1 is 1.08 bits per heavy atom. The van der Waals surface area contributed by atoms with Crippen LogP contribution in [0.15, 0.2) is 11.6 Å². The van der Waals surface area contributed by atoms with Gasteiger partial charge in [-0.15, -0.1) is 0 Å². The van der Waals surface area contributed by atoms with E-state index < -0.39 is 15.7 Å². The Balaban J connectivity index is 2.17. The van der Waals surface area contributed by atoms with Crippen LogP contribution < -0.4 is 9.47 Å². The average molecular weight is 569 g/mol. The minimum absolute atomic E-state index is 0.0152. The number of methoxy groups -OCH3 is 1. The lowest BCUT2D eigenvalue weighted by molar-refractivity contribution is -0.118. The van der Waals surface area contributed by atoms with Crippen LogP contribution in [0, 0.1) is 6.92 Å². The minimum atomic E-state index is -3.22. The van der Waals surface area contributed by atoms with Crippen LogP contribution in [-0.4, -0.2) is 52.9 Å². The smallest absolute Gasteiger partial charge is 0.342 e. The molecule has 0 saturated carbocycles. The molecule has 214 valence electrons. The molecule has 8 nitrogen and oxygen atoms in total. The monoisotopic (exact) mass is 568 g/mol. The van der Waals surface area contributed by atoms with Crippen molar-refractivity contribution in [3.8, 4) is 11.5 Å². The van der Waals surface area contributed by atoms with Gasteiger partial charge in [-0.1, -0.05) is 31.3 Å². The van der Waals surface area contributed by atoms with Crippen molar-refractivity contribution in [3.05, 3.63) is 33.9 Å². The molecule has 0 radical (unpaired) electrons. The Kier molecular flexibility index (Phi) is 12.3. The quantitative estimate of drug-likeness (QED) is 0.0868. The zero-order valence-corrected chi connectivity index (χ0v) is 26.3. The molecule has 0 spiro atoms. The molecule has 0 unspecified atom stereocenters. The van der Waals surface area contributed by atoms with Gasteiger partial charge in [-0.05, 0) is 52.1 Å². The molecule has 0 atom stereocenters. The summed E-state index contributed by atoms with van der Waals surface area (Å²) in [4.78, 5) is 25.1. The van der Waals surface area contributed by atoms with Gasteiger partial charge in [0.15, 0.2) is 0 Å². The van der Waals surface area contributed by atoms with Crippen LogP contribution in [0.25, 0.3) is 0 Å². The fourth-order valence-corrected chi connectivity index (χ4v) is 6.65. The van der Waals surface area contributed by atoms with Crippen molar-refractivity contribution in [2.45, 2.75) is 85.7 Å². The Morgan fingerprint density at radius 2 is 1.74 bits per heavy atom. The SMILES string of the molecule is CCOP(=O)(CCC(=O)CC/C(C)=C/Cc1c(OC)c(C)c2c(c1OCC[Si](C)(C)C)C(=O)OC2)OCC. The van der Waals surface area contributed by atoms with Gasteiger partial charge in [-0.2, -0.15) is 0 Å². The number of carbonyl (C=O) groups excluding carboxylic acids is 2. The van der Waals surface area contributed by atoms with E-state index in [-0.39, 0.29) is 44.2 Å². The fraction of sp³-hybridized carbons (Fsp3) is 0.643. The van der Waals surface area contributed by atoms with E-state index in [9.17, 15) is 14.2 Å². The van der Waals surface area contributed by atoms with Crippen molar-refractivity contribution < 1.29 is 37.4 Å². The predicted molar refractivity (Wildman–Crippen MR) is 153 cm³/mol. The number of Topliss-reactive ketones (excluding diaryl/α,β-unsaturated/α-hetero) is 1. The summed E-state index contributed by atoms with van der Waals surface area (Å²) in [6, 6.07) is 0.961. The molecule has 0 fully saturated rings. The van der Waals surface area contributed by atoms with E-state index in [4.69, 9.17) is 23.3 Å². The van der Waals surface area contributed by atoms with Crippen LogP contribution in [0.5, 0.6) is 11.5 Å². The first-order chi connectivity index (χ1) is 17.9. The summed E-state index contributed by atoms with van der Waals surface area (Å²) in [5.74, 6) is 0.901. The molecule has 0 N–H and O–H groups in total. The third kappa shape index (κ3) is 9.08. The van der Waals surface area contributed by atoms with E-state index in [0.717, 1.165) is 28.3 Å². The van der Waals surface area contributed by atoms with Crippen LogP contribution in [0.3, 0.4) is 0 Å². The van der Waals surface area contributed by atoms with Gasteiger partial charge < -0.3 is 23.3 Å². The first kappa shape index (κ1) is 32.3. The predicted octanol–water partition coefficient (Wildman–Crippen LogP) is 6.89. The molecule has 1 aromatic carbocycles. The molecule has 0 amide bonds. The lowest BCUT2D eigenvalue weighted by Crippen LogP contribution is -2.23. The van der Waals surface area contributed by atoms with Gasteiger partial charge in [0.05, 0.1) is 33.1 Å². The van der Waals surface area contributed by atoms with E-state index in [1.165, 1.54) is 0 Å². The van der Waals surface area contributed by atoms with Gasteiger partial charge in [0.25, 0.3) is 0 Å². The molecule has 38 heavy (non-hydrogen) atoms. The van der Waals surface area contributed by atoms with E-state index in [0.29, 0.717) is 42.9 Å². The van der Waals surface area contributed by atoms with Crippen LogP contribution in [-0.2, 0) is 36.2 Å². The van der Waals surface area contributed by atoms with Crippen molar-refractivity contribution in [2.24, 2.45) is 0 Å². The standard InChI is InChI=1S/C28H45O8PSi/c1-9-35-37(31,36-10-2)17-15-22(29)13-11-20(3)12-14-23-26(32-5)21(4)24-19-34-28(30)25(24)27(23)33-16-18-38(6,7)8/h12H,9-11,13-19H2,1-8H3/b20-12+. The third-order valence-electron chi connectivity index (χ3n) is 6.49. The summed E-state index contributed by atoms with van der Waals surface area (Å²) in [6.07, 6.45) is 3.71. The van der Waals surface area contributed by atoms with Gasteiger partial charge in [0, 0.05) is 32.0 Å². The van der Waals surface area contributed by atoms with Gasteiger partial charge in [0.1, 0.15) is 29.5 Å². The summed E-state index contributed by atoms with van der Waals surface area (Å²) < 4.78 is 40.6. The molecule has 0 aromatic heterocycles.